The molecule has 4 rings (SSSR count). The molecule has 128 valence electrons. The molecule has 24 heavy (non-hydrogen) atoms. The first-order chi connectivity index (χ1) is 11.6. The quantitative estimate of drug-likeness (QED) is 0.848. The van der Waals surface area contributed by atoms with Crippen LogP contribution in [-0.4, -0.2) is 53.9 Å². The van der Waals surface area contributed by atoms with Crippen molar-refractivity contribution in [3.8, 4) is 0 Å². The first-order valence-corrected chi connectivity index (χ1v) is 9.41. The highest BCUT2D eigenvalue weighted by Crippen LogP contribution is 2.52. The highest BCUT2D eigenvalue weighted by Gasteiger charge is 2.48. The molecule has 5 heteroatoms. The first-order valence-electron chi connectivity index (χ1n) is 9.41. The number of piperidine rings is 1. The topological polar surface area (TPSA) is 43.8 Å². The van der Waals surface area contributed by atoms with Crippen molar-refractivity contribution >= 4 is 13.0 Å². The molecule has 1 aliphatic carbocycles. The minimum absolute atomic E-state index is 0.0393. The van der Waals surface area contributed by atoms with E-state index in [0.717, 1.165) is 58.3 Å². The smallest absolute Gasteiger partial charge is 0.376 e. The summed E-state index contributed by atoms with van der Waals surface area (Å²) < 4.78 is 0. The summed E-state index contributed by atoms with van der Waals surface area (Å²) in [4.78, 5) is 17.3. The lowest BCUT2D eigenvalue weighted by molar-refractivity contribution is -0.132. The normalized spacial score (nSPS) is 25.9. The molecule has 3 aliphatic rings. The van der Waals surface area contributed by atoms with Crippen LogP contribution in [0, 0.1) is 0 Å². The predicted molar refractivity (Wildman–Crippen MR) is 95.9 cm³/mol. The van der Waals surface area contributed by atoms with Gasteiger partial charge in [-0.25, -0.2) is 0 Å². The van der Waals surface area contributed by atoms with E-state index in [1.807, 2.05) is 6.82 Å². The van der Waals surface area contributed by atoms with Crippen molar-refractivity contribution in [3.63, 3.8) is 0 Å². The van der Waals surface area contributed by atoms with Gasteiger partial charge >= 0.3 is 7.05 Å². The average Bonchev–Trinajstić information content (AvgIpc) is 3.23. The van der Waals surface area contributed by atoms with Gasteiger partial charge in [-0.3, -0.25) is 4.79 Å². The average molecular weight is 326 g/mol. The largest absolute Gasteiger partial charge is 0.437 e. The Kier molecular flexibility index (Phi) is 4.17. The van der Waals surface area contributed by atoms with Crippen molar-refractivity contribution in [1.82, 2.24) is 9.71 Å². The lowest BCUT2D eigenvalue weighted by Crippen LogP contribution is -2.47. The zero-order chi connectivity index (χ0) is 16.7. The minimum Gasteiger partial charge on any atom is -0.437 e. The second kappa shape index (κ2) is 6.19. The van der Waals surface area contributed by atoms with Crippen LogP contribution in [0.4, 0.5) is 0 Å². The van der Waals surface area contributed by atoms with Gasteiger partial charge in [-0.05, 0) is 68.6 Å². The summed E-state index contributed by atoms with van der Waals surface area (Å²) in [5.74, 6) is 0.382. The molecule has 1 N–H and O–H groups in total. The molecule has 0 saturated carbocycles. The Morgan fingerprint density at radius 3 is 2.50 bits per heavy atom. The van der Waals surface area contributed by atoms with E-state index in [4.69, 9.17) is 0 Å². The first kappa shape index (κ1) is 16.2. The zero-order valence-corrected chi connectivity index (χ0v) is 14.6. The number of benzene rings is 1. The zero-order valence-electron chi connectivity index (χ0n) is 14.6. The van der Waals surface area contributed by atoms with Gasteiger partial charge in [-0.15, -0.1) is 0 Å². The maximum absolute atomic E-state index is 13.1. The van der Waals surface area contributed by atoms with Crippen LogP contribution in [0.3, 0.4) is 0 Å². The Bertz CT molecular complexity index is 620. The number of rotatable bonds is 2. The summed E-state index contributed by atoms with van der Waals surface area (Å²) in [6.07, 6.45) is 5.33. The molecule has 0 bridgehead atoms. The highest BCUT2D eigenvalue weighted by atomic mass is 16.2. The third kappa shape index (κ3) is 2.58. The second-order valence-electron chi connectivity index (χ2n) is 7.82. The van der Waals surface area contributed by atoms with Crippen LogP contribution in [0.2, 0.25) is 6.82 Å². The third-order valence-electron chi connectivity index (χ3n) is 6.50. The van der Waals surface area contributed by atoms with Crippen LogP contribution < -0.4 is 0 Å². The number of hydrogen-bond donors (Lipinski definition) is 1. The fourth-order valence-corrected chi connectivity index (χ4v) is 5.07. The van der Waals surface area contributed by atoms with Crippen LogP contribution in [0.15, 0.2) is 24.3 Å². The molecular weight excluding hydrogens is 299 g/mol. The number of carbonyl (C=O) groups excluding carboxylic acids is 1. The second-order valence-corrected chi connectivity index (χ2v) is 7.82. The Morgan fingerprint density at radius 2 is 1.83 bits per heavy atom. The lowest BCUT2D eigenvalue weighted by Gasteiger charge is -2.41. The van der Waals surface area contributed by atoms with Gasteiger partial charge in [0, 0.05) is 13.1 Å². The number of hydrogen-bond acceptors (Lipinski definition) is 3. The standard InChI is InChI=1S/C19H27BN2O2/c1-20(24)22-12-8-19(9-13-22)14-16(15-6-2-3-7-17(15)19)18(23)21-10-4-5-11-21/h2-3,6-7,16,24H,4-5,8-14H2,1H3/t16-/m1/s1. The molecule has 0 unspecified atom stereocenters. The van der Waals surface area contributed by atoms with Crippen LogP contribution in [0.1, 0.15) is 49.1 Å². The van der Waals surface area contributed by atoms with Crippen molar-refractivity contribution in [1.29, 1.82) is 0 Å². The van der Waals surface area contributed by atoms with Crippen molar-refractivity contribution in [2.45, 2.75) is 50.3 Å². The van der Waals surface area contributed by atoms with E-state index in [1.54, 1.807) is 0 Å². The van der Waals surface area contributed by atoms with Gasteiger partial charge in [0.25, 0.3) is 0 Å². The molecule has 1 aromatic carbocycles. The molecule has 2 aliphatic heterocycles. The van der Waals surface area contributed by atoms with E-state index >= 15 is 0 Å². The summed E-state index contributed by atoms with van der Waals surface area (Å²) in [6.45, 7) is 5.54. The third-order valence-corrected chi connectivity index (χ3v) is 6.50. The molecule has 1 aromatic rings. The van der Waals surface area contributed by atoms with Crippen LogP contribution in [0.5, 0.6) is 0 Å². The van der Waals surface area contributed by atoms with Crippen molar-refractivity contribution in [2.24, 2.45) is 0 Å². The SMILES string of the molecule is CB(O)N1CCC2(CC1)C[C@@H](C(=O)N1CCCC1)c1ccccc12. The van der Waals surface area contributed by atoms with Gasteiger partial charge in [-0.2, -0.15) is 0 Å². The minimum atomic E-state index is -0.374. The molecular formula is C19H27BN2O2. The Morgan fingerprint density at radius 1 is 1.17 bits per heavy atom. The Balaban J connectivity index is 1.61. The molecule has 1 spiro atoms. The van der Waals surface area contributed by atoms with Gasteiger partial charge in [0.05, 0.1) is 5.92 Å². The van der Waals surface area contributed by atoms with Gasteiger partial charge in [-0.1, -0.05) is 24.3 Å². The van der Waals surface area contributed by atoms with E-state index in [-0.39, 0.29) is 18.4 Å². The molecule has 4 nitrogen and oxygen atoms in total. The molecule has 2 heterocycles. The Labute approximate surface area is 145 Å². The van der Waals surface area contributed by atoms with E-state index < -0.39 is 0 Å². The molecule has 2 saturated heterocycles. The van der Waals surface area contributed by atoms with Gasteiger partial charge < -0.3 is 14.7 Å². The number of fused-ring (bicyclic) bond motifs is 2. The van der Waals surface area contributed by atoms with Gasteiger partial charge in [0.1, 0.15) is 0 Å². The summed E-state index contributed by atoms with van der Waals surface area (Å²) >= 11 is 0. The summed E-state index contributed by atoms with van der Waals surface area (Å²) in [5, 5.41) is 9.85. The van der Waals surface area contributed by atoms with Gasteiger partial charge in [0.15, 0.2) is 0 Å². The Hall–Kier alpha value is -1.33. The predicted octanol–water partition coefficient (Wildman–Crippen LogP) is 2.24. The maximum atomic E-state index is 13.1. The fraction of sp³-hybridized carbons (Fsp3) is 0.632. The number of carbonyl (C=O) groups is 1. The summed E-state index contributed by atoms with van der Waals surface area (Å²) in [7, 11) is -0.374. The summed E-state index contributed by atoms with van der Waals surface area (Å²) in [6, 6.07) is 8.60. The van der Waals surface area contributed by atoms with Gasteiger partial charge in [0.2, 0.25) is 5.91 Å². The lowest BCUT2D eigenvalue weighted by atomic mass is 9.70. The number of likely N-dealkylation sites (tertiary alicyclic amines) is 1. The van der Waals surface area contributed by atoms with Crippen LogP contribution in [-0.2, 0) is 10.2 Å². The maximum Gasteiger partial charge on any atom is 0.376 e. The van der Waals surface area contributed by atoms with Crippen molar-refractivity contribution in [3.05, 3.63) is 35.4 Å². The molecule has 0 aromatic heterocycles. The monoisotopic (exact) mass is 326 g/mol. The van der Waals surface area contributed by atoms with E-state index in [2.05, 4.69) is 34.0 Å². The molecule has 1 atom stereocenters. The molecule has 1 amide bonds. The number of amides is 1. The molecule has 2 fully saturated rings. The van der Waals surface area contributed by atoms with Crippen molar-refractivity contribution in [2.75, 3.05) is 26.2 Å². The fourth-order valence-electron chi connectivity index (χ4n) is 5.07. The van der Waals surface area contributed by atoms with E-state index in [9.17, 15) is 9.82 Å². The van der Waals surface area contributed by atoms with Crippen LogP contribution >= 0.6 is 0 Å². The summed E-state index contributed by atoms with van der Waals surface area (Å²) in [5.41, 5.74) is 2.79. The van der Waals surface area contributed by atoms with Crippen molar-refractivity contribution < 1.29 is 9.82 Å². The van der Waals surface area contributed by atoms with E-state index in [1.165, 1.54) is 11.1 Å². The van der Waals surface area contributed by atoms with E-state index in [0.29, 0.717) is 5.91 Å². The molecule has 0 radical (unpaired) electrons. The highest BCUT2D eigenvalue weighted by molar-refractivity contribution is 6.45. The number of nitrogens with zero attached hydrogens (tertiary/aromatic N) is 2. The van der Waals surface area contributed by atoms with Crippen LogP contribution in [0.25, 0.3) is 0 Å².